The fraction of sp³-hybridized carbons (Fsp3) is 0.378. The van der Waals surface area contributed by atoms with Crippen LogP contribution in [0.4, 0.5) is 0 Å². The van der Waals surface area contributed by atoms with Gasteiger partial charge in [-0.2, -0.15) is 5.10 Å². The lowest BCUT2D eigenvalue weighted by atomic mass is 9.99. The molecule has 0 N–H and O–H groups in total. The van der Waals surface area contributed by atoms with Crippen molar-refractivity contribution in [1.29, 1.82) is 0 Å². The maximum Gasteiger partial charge on any atom is 0.265 e. The third kappa shape index (κ3) is 5.75. The number of rotatable bonds is 8. The Morgan fingerprint density at radius 2 is 1.60 bits per heavy atom. The van der Waals surface area contributed by atoms with E-state index < -0.39 is 0 Å². The maximum atomic E-state index is 14.7. The van der Waals surface area contributed by atoms with Crippen LogP contribution in [0.15, 0.2) is 71.2 Å². The average molecular weight is 575 g/mol. The lowest BCUT2D eigenvalue weighted by Gasteiger charge is -2.28. The van der Waals surface area contributed by atoms with Crippen molar-refractivity contribution in [3.63, 3.8) is 0 Å². The van der Waals surface area contributed by atoms with Crippen molar-refractivity contribution < 1.29 is 4.79 Å². The standard InChI is InChI=1S/C37H42N4O2/c1-5-26-11-10-12-27(6-2)35(26)41-34(23-25(3)4)32(36(42)39-20-8-7-9-21-39)24-31(37(41)43)33-19-22-40(38-33)30-17-15-29(16-18-30)28-13-14-28/h10-12,15-19,22-24,28H,5-9,13-14,20-21H2,1-4H3. The molecule has 2 aliphatic rings. The van der Waals surface area contributed by atoms with E-state index in [1.54, 1.807) is 10.6 Å². The molecule has 6 rings (SSSR count). The van der Waals surface area contributed by atoms with Gasteiger partial charge < -0.3 is 4.90 Å². The van der Waals surface area contributed by atoms with Gasteiger partial charge in [-0.25, -0.2) is 4.68 Å². The number of aryl methyl sites for hydroxylation is 2. The average Bonchev–Trinajstić information content (AvgIpc) is 3.77. The minimum atomic E-state index is -0.160. The summed E-state index contributed by atoms with van der Waals surface area (Å²) in [5.41, 5.74) is 8.44. The Morgan fingerprint density at radius 3 is 2.21 bits per heavy atom. The van der Waals surface area contributed by atoms with Crippen LogP contribution in [0.5, 0.6) is 0 Å². The second-order valence-corrected chi connectivity index (χ2v) is 12.2. The highest BCUT2D eigenvalue weighted by Gasteiger charge is 2.27. The molecule has 6 nitrogen and oxygen atoms in total. The van der Waals surface area contributed by atoms with Crippen molar-refractivity contribution in [1.82, 2.24) is 19.2 Å². The Labute approximate surface area is 254 Å². The molecule has 1 aliphatic carbocycles. The fourth-order valence-corrected chi connectivity index (χ4v) is 6.32. The number of piperidine rings is 1. The van der Waals surface area contributed by atoms with Gasteiger partial charge in [0.2, 0.25) is 0 Å². The molecule has 0 atom stereocenters. The number of hydrogen-bond acceptors (Lipinski definition) is 3. The molecule has 0 radical (unpaired) electrons. The van der Waals surface area contributed by atoms with Crippen LogP contribution < -0.4 is 5.56 Å². The molecule has 6 heteroatoms. The van der Waals surface area contributed by atoms with E-state index in [2.05, 4.69) is 56.3 Å². The zero-order chi connectivity index (χ0) is 30.1. The number of carbonyl (C=O) groups is 1. The van der Waals surface area contributed by atoms with Gasteiger partial charge in [-0.05, 0) is 112 Å². The first kappa shape index (κ1) is 28.9. The topological polar surface area (TPSA) is 60.1 Å². The zero-order valence-electron chi connectivity index (χ0n) is 25.9. The van der Waals surface area contributed by atoms with Gasteiger partial charge in [-0.3, -0.25) is 14.2 Å². The normalized spacial score (nSPS) is 15.0. The number of para-hydroxylation sites is 1. The van der Waals surface area contributed by atoms with Crippen LogP contribution in [-0.2, 0) is 12.8 Å². The van der Waals surface area contributed by atoms with Gasteiger partial charge in [-0.15, -0.1) is 0 Å². The summed E-state index contributed by atoms with van der Waals surface area (Å²) >= 11 is 0. The summed E-state index contributed by atoms with van der Waals surface area (Å²) < 4.78 is 3.63. The van der Waals surface area contributed by atoms with Gasteiger partial charge in [0.15, 0.2) is 0 Å². The molecule has 2 aromatic carbocycles. The molecule has 0 bridgehead atoms. The van der Waals surface area contributed by atoms with Crippen LogP contribution >= 0.6 is 0 Å². The van der Waals surface area contributed by atoms with Crippen LogP contribution in [0.25, 0.3) is 28.7 Å². The highest BCUT2D eigenvalue weighted by atomic mass is 16.2. The summed E-state index contributed by atoms with van der Waals surface area (Å²) in [5, 5.41) is 4.89. The quantitative estimate of drug-likeness (QED) is 0.216. The molecule has 2 aromatic heterocycles. The Kier molecular flexibility index (Phi) is 8.20. The number of amides is 1. The summed E-state index contributed by atoms with van der Waals surface area (Å²) in [6.07, 6.45) is 11.1. The molecular weight excluding hydrogens is 532 g/mol. The van der Waals surface area contributed by atoms with E-state index in [4.69, 9.17) is 5.10 Å². The van der Waals surface area contributed by atoms with E-state index in [1.165, 1.54) is 18.4 Å². The van der Waals surface area contributed by atoms with Crippen molar-refractivity contribution in [3.05, 3.63) is 105 Å². The Morgan fingerprint density at radius 1 is 0.930 bits per heavy atom. The number of likely N-dealkylation sites (tertiary alicyclic amines) is 1. The molecule has 0 spiro atoms. The number of carbonyl (C=O) groups excluding carboxylic acids is 1. The molecule has 222 valence electrons. The highest BCUT2D eigenvalue weighted by molar-refractivity contribution is 5.99. The molecule has 0 unspecified atom stereocenters. The Bertz CT molecular complexity index is 1710. The predicted octanol–water partition coefficient (Wildman–Crippen LogP) is 7.74. The zero-order valence-corrected chi connectivity index (χ0v) is 25.9. The number of hydrogen-bond donors (Lipinski definition) is 0. The Balaban J connectivity index is 1.58. The van der Waals surface area contributed by atoms with Crippen molar-refractivity contribution >= 4 is 12.0 Å². The second-order valence-electron chi connectivity index (χ2n) is 12.2. The van der Waals surface area contributed by atoms with Gasteiger partial charge in [0.1, 0.15) is 0 Å². The minimum absolute atomic E-state index is 0.0238. The van der Waals surface area contributed by atoms with Crippen molar-refractivity contribution in [2.75, 3.05) is 13.1 Å². The molecular formula is C37H42N4O2. The van der Waals surface area contributed by atoms with Gasteiger partial charge in [0.05, 0.1) is 33.9 Å². The largest absolute Gasteiger partial charge is 0.339 e. The first-order valence-electron chi connectivity index (χ1n) is 15.9. The van der Waals surface area contributed by atoms with Crippen LogP contribution in [0.3, 0.4) is 0 Å². The van der Waals surface area contributed by atoms with Crippen molar-refractivity contribution in [2.45, 2.75) is 78.6 Å². The highest BCUT2D eigenvalue weighted by Crippen LogP contribution is 2.40. The maximum absolute atomic E-state index is 14.7. The summed E-state index contributed by atoms with van der Waals surface area (Å²) in [6.45, 7) is 9.73. The molecule has 1 amide bonds. The van der Waals surface area contributed by atoms with Gasteiger partial charge in [0, 0.05) is 19.3 Å². The van der Waals surface area contributed by atoms with E-state index >= 15 is 0 Å². The molecule has 1 saturated carbocycles. The second kappa shape index (κ2) is 12.2. The van der Waals surface area contributed by atoms with Crippen LogP contribution in [0.1, 0.15) is 98.5 Å². The van der Waals surface area contributed by atoms with E-state index in [0.717, 1.165) is 73.3 Å². The van der Waals surface area contributed by atoms with Gasteiger partial charge in [-0.1, -0.05) is 49.8 Å². The first-order valence-corrected chi connectivity index (χ1v) is 15.9. The molecule has 1 aliphatic heterocycles. The number of pyridine rings is 1. The predicted molar refractivity (Wildman–Crippen MR) is 174 cm³/mol. The van der Waals surface area contributed by atoms with Gasteiger partial charge >= 0.3 is 0 Å². The van der Waals surface area contributed by atoms with E-state index in [9.17, 15) is 9.59 Å². The smallest absolute Gasteiger partial charge is 0.265 e. The molecule has 1 saturated heterocycles. The lowest BCUT2D eigenvalue weighted by Crippen LogP contribution is -2.37. The van der Waals surface area contributed by atoms with E-state index in [0.29, 0.717) is 28.4 Å². The minimum Gasteiger partial charge on any atom is -0.339 e. The first-order chi connectivity index (χ1) is 20.9. The molecule has 3 heterocycles. The van der Waals surface area contributed by atoms with Gasteiger partial charge in [0.25, 0.3) is 11.5 Å². The van der Waals surface area contributed by atoms with Crippen LogP contribution in [0.2, 0.25) is 0 Å². The number of allylic oxidation sites excluding steroid dienone is 1. The van der Waals surface area contributed by atoms with Crippen molar-refractivity contribution in [2.24, 2.45) is 0 Å². The third-order valence-electron chi connectivity index (χ3n) is 8.80. The fourth-order valence-electron chi connectivity index (χ4n) is 6.32. The number of benzene rings is 2. The van der Waals surface area contributed by atoms with Crippen molar-refractivity contribution in [3.8, 4) is 22.6 Å². The summed E-state index contributed by atoms with van der Waals surface area (Å²) in [4.78, 5) is 30.9. The SMILES string of the molecule is CCc1cccc(CC)c1-n1c(C=C(C)C)c(C(=O)N2CCCCC2)cc(-c2ccn(-c3ccc(C4CC4)cc3)n2)c1=O. The monoisotopic (exact) mass is 574 g/mol. The number of nitrogens with zero attached hydrogens (tertiary/aromatic N) is 4. The molecule has 4 aromatic rings. The van der Waals surface area contributed by atoms with E-state index in [1.807, 2.05) is 41.8 Å². The summed E-state index contributed by atoms with van der Waals surface area (Å²) in [5.74, 6) is 0.666. The van der Waals surface area contributed by atoms with Crippen LogP contribution in [-0.4, -0.2) is 38.2 Å². The summed E-state index contributed by atoms with van der Waals surface area (Å²) in [6, 6.07) is 18.5. The van der Waals surface area contributed by atoms with E-state index in [-0.39, 0.29) is 11.5 Å². The molecule has 2 fully saturated rings. The lowest BCUT2D eigenvalue weighted by molar-refractivity contribution is 0.0723. The third-order valence-corrected chi connectivity index (χ3v) is 8.80. The molecule has 43 heavy (non-hydrogen) atoms. The number of aromatic nitrogens is 3. The Hall–Kier alpha value is -4.19. The summed E-state index contributed by atoms with van der Waals surface area (Å²) in [7, 11) is 0. The van der Waals surface area contributed by atoms with Crippen LogP contribution in [0, 0.1) is 0 Å².